The molecular formula is C12H17NO6S2. The molecule has 0 radical (unpaired) electrons. The van der Waals surface area contributed by atoms with E-state index in [1.807, 2.05) is 0 Å². The van der Waals surface area contributed by atoms with Gasteiger partial charge in [0.1, 0.15) is 11.3 Å². The van der Waals surface area contributed by atoms with Crippen molar-refractivity contribution in [3.05, 3.63) is 23.8 Å². The van der Waals surface area contributed by atoms with E-state index in [2.05, 4.69) is 4.72 Å². The van der Waals surface area contributed by atoms with Gasteiger partial charge in [0, 0.05) is 28.9 Å². The number of nitrogens with one attached hydrogen (secondary N) is 1. The molecule has 1 aromatic rings. The van der Waals surface area contributed by atoms with E-state index in [4.69, 9.17) is 9.84 Å². The summed E-state index contributed by atoms with van der Waals surface area (Å²) < 4.78 is 42.6. The molecule has 0 aliphatic heterocycles. The van der Waals surface area contributed by atoms with Gasteiger partial charge in [-0.05, 0) is 25.1 Å². The number of aromatic carboxylic acids is 1. The first-order valence-corrected chi connectivity index (χ1v) is 9.02. The van der Waals surface area contributed by atoms with Crippen LogP contribution < -0.4 is 9.46 Å². The highest BCUT2D eigenvalue weighted by atomic mass is 32.2. The first-order valence-electron chi connectivity index (χ1n) is 5.92. The fourth-order valence-electron chi connectivity index (χ4n) is 1.45. The molecule has 0 spiro atoms. The SMILES string of the molecule is COc1ccc(S(=O)(=O)NCC(C)S(C)=O)cc1C(=O)O. The van der Waals surface area contributed by atoms with Crippen molar-refractivity contribution in [2.75, 3.05) is 19.9 Å². The van der Waals surface area contributed by atoms with Gasteiger partial charge in [-0.2, -0.15) is 0 Å². The van der Waals surface area contributed by atoms with Gasteiger partial charge in [-0.3, -0.25) is 4.21 Å². The zero-order valence-electron chi connectivity index (χ0n) is 11.8. The summed E-state index contributed by atoms with van der Waals surface area (Å²) in [6.45, 7) is 1.65. The van der Waals surface area contributed by atoms with Crippen molar-refractivity contribution in [1.29, 1.82) is 0 Å². The smallest absolute Gasteiger partial charge is 0.339 e. The van der Waals surface area contributed by atoms with Gasteiger partial charge in [0.2, 0.25) is 10.0 Å². The van der Waals surface area contributed by atoms with Crippen LogP contribution in [0, 0.1) is 0 Å². The Balaban J connectivity index is 3.06. The number of hydrogen-bond donors (Lipinski definition) is 2. The summed E-state index contributed by atoms with van der Waals surface area (Å²) in [5.41, 5.74) is -0.243. The summed E-state index contributed by atoms with van der Waals surface area (Å²) in [6, 6.07) is 3.55. The Hall–Kier alpha value is -1.45. The second kappa shape index (κ2) is 7.01. The van der Waals surface area contributed by atoms with E-state index in [9.17, 15) is 17.4 Å². The third kappa shape index (κ3) is 4.51. The van der Waals surface area contributed by atoms with Crippen molar-refractivity contribution in [3.8, 4) is 5.75 Å². The van der Waals surface area contributed by atoms with Crippen molar-refractivity contribution < 1.29 is 27.3 Å². The molecule has 21 heavy (non-hydrogen) atoms. The van der Waals surface area contributed by atoms with Gasteiger partial charge in [0.15, 0.2) is 0 Å². The predicted molar refractivity (Wildman–Crippen MR) is 78.7 cm³/mol. The van der Waals surface area contributed by atoms with E-state index in [0.29, 0.717) is 0 Å². The number of benzene rings is 1. The van der Waals surface area contributed by atoms with E-state index >= 15 is 0 Å². The zero-order chi connectivity index (χ0) is 16.2. The van der Waals surface area contributed by atoms with Crippen LogP contribution in [0.1, 0.15) is 17.3 Å². The number of ether oxygens (including phenoxy) is 1. The van der Waals surface area contributed by atoms with Crippen LogP contribution in [0.2, 0.25) is 0 Å². The van der Waals surface area contributed by atoms with Crippen molar-refractivity contribution in [3.63, 3.8) is 0 Å². The minimum absolute atomic E-state index is 0.000121. The summed E-state index contributed by atoms with van der Waals surface area (Å²) >= 11 is 0. The molecule has 2 atom stereocenters. The van der Waals surface area contributed by atoms with Crippen molar-refractivity contribution in [2.45, 2.75) is 17.1 Å². The highest BCUT2D eigenvalue weighted by Crippen LogP contribution is 2.22. The maximum Gasteiger partial charge on any atom is 0.339 e. The lowest BCUT2D eigenvalue weighted by molar-refractivity contribution is 0.0693. The lowest BCUT2D eigenvalue weighted by Gasteiger charge is -2.12. The zero-order valence-corrected chi connectivity index (χ0v) is 13.5. The molecule has 2 N–H and O–H groups in total. The van der Waals surface area contributed by atoms with Gasteiger partial charge < -0.3 is 9.84 Å². The summed E-state index contributed by atoms with van der Waals surface area (Å²) in [7, 11) is -3.73. The minimum atomic E-state index is -3.87. The number of sulfonamides is 1. The Morgan fingerprint density at radius 3 is 2.57 bits per heavy atom. The molecule has 0 amide bonds. The highest BCUT2D eigenvalue weighted by molar-refractivity contribution is 7.89. The molecule has 0 heterocycles. The molecule has 7 nitrogen and oxygen atoms in total. The Kier molecular flexibility index (Phi) is 5.87. The quantitative estimate of drug-likeness (QED) is 0.748. The standard InChI is InChI=1S/C12H17NO6S2/c1-8(20(3)16)7-13-21(17,18)9-4-5-11(19-2)10(6-9)12(14)15/h4-6,8,13H,7H2,1-3H3,(H,14,15). The topological polar surface area (TPSA) is 110 Å². The molecular weight excluding hydrogens is 318 g/mol. The Morgan fingerprint density at radius 1 is 1.48 bits per heavy atom. The minimum Gasteiger partial charge on any atom is -0.496 e. The lowest BCUT2D eigenvalue weighted by atomic mass is 10.2. The molecule has 9 heteroatoms. The van der Waals surface area contributed by atoms with Gasteiger partial charge in [0.05, 0.1) is 12.0 Å². The van der Waals surface area contributed by atoms with Gasteiger partial charge >= 0.3 is 5.97 Å². The van der Waals surface area contributed by atoms with Crippen LogP contribution in [0.25, 0.3) is 0 Å². The summed E-state index contributed by atoms with van der Waals surface area (Å²) in [5, 5.41) is 8.69. The highest BCUT2D eigenvalue weighted by Gasteiger charge is 2.20. The maximum atomic E-state index is 12.1. The van der Waals surface area contributed by atoms with Crippen LogP contribution in [-0.2, 0) is 20.8 Å². The molecule has 2 unspecified atom stereocenters. The second-order valence-corrected chi connectivity index (χ2v) is 7.90. The van der Waals surface area contributed by atoms with E-state index in [1.54, 1.807) is 6.92 Å². The molecule has 118 valence electrons. The first kappa shape index (κ1) is 17.6. The van der Waals surface area contributed by atoms with Gasteiger partial charge in [-0.15, -0.1) is 0 Å². The summed E-state index contributed by atoms with van der Waals surface area (Å²) in [4.78, 5) is 10.9. The fourth-order valence-corrected chi connectivity index (χ4v) is 3.03. The van der Waals surface area contributed by atoms with Gasteiger partial charge in [-0.1, -0.05) is 0 Å². The molecule has 0 fully saturated rings. The van der Waals surface area contributed by atoms with Crippen molar-refractivity contribution in [2.24, 2.45) is 0 Å². The van der Waals surface area contributed by atoms with Crippen LogP contribution in [0.5, 0.6) is 5.75 Å². The average molecular weight is 335 g/mol. The van der Waals surface area contributed by atoms with E-state index in [0.717, 1.165) is 6.07 Å². The number of methoxy groups -OCH3 is 1. The van der Waals surface area contributed by atoms with Crippen LogP contribution in [0.4, 0.5) is 0 Å². The lowest BCUT2D eigenvalue weighted by Crippen LogP contribution is -2.32. The molecule has 0 aliphatic rings. The molecule has 1 aromatic carbocycles. The van der Waals surface area contributed by atoms with E-state index in [-0.39, 0.29) is 28.0 Å². The number of carboxylic acid groups (broad SMARTS) is 1. The Labute approximate surface area is 125 Å². The molecule has 0 saturated heterocycles. The average Bonchev–Trinajstić information content (AvgIpc) is 2.43. The van der Waals surface area contributed by atoms with Crippen molar-refractivity contribution in [1.82, 2.24) is 4.72 Å². The fraction of sp³-hybridized carbons (Fsp3) is 0.417. The van der Waals surface area contributed by atoms with Crippen LogP contribution in [0.15, 0.2) is 23.1 Å². The largest absolute Gasteiger partial charge is 0.496 e. The van der Waals surface area contributed by atoms with E-state index < -0.39 is 26.8 Å². The van der Waals surface area contributed by atoms with Crippen molar-refractivity contribution >= 4 is 26.8 Å². The number of carbonyl (C=O) groups is 1. The maximum absolute atomic E-state index is 12.1. The number of rotatable bonds is 7. The third-order valence-electron chi connectivity index (χ3n) is 2.84. The molecule has 1 rings (SSSR count). The second-order valence-electron chi connectivity index (χ2n) is 4.33. The van der Waals surface area contributed by atoms with Crippen LogP contribution in [0.3, 0.4) is 0 Å². The molecule has 0 saturated carbocycles. The normalized spacial score (nSPS) is 14.4. The summed E-state index contributed by atoms with van der Waals surface area (Å²) in [6.07, 6.45) is 1.48. The molecule has 0 aromatic heterocycles. The van der Waals surface area contributed by atoms with Gasteiger partial charge in [0.25, 0.3) is 0 Å². The van der Waals surface area contributed by atoms with Crippen LogP contribution >= 0.6 is 0 Å². The Morgan fingerprint density at radius 2 is 2.10 bits per heavy atom. The first-order chi connectivity index (χ1) is 9.69. The van der Waals surface area contributed by atoms with Crippen LogP contribution in [-0.4, -0.2) is 48.9 Å². The number of carboxylic acids is 1. The third-order valence-corrected chi connectivity index (χ3v) is 5.56. The van der Waals surface area contributed by atoms with Gasteiger partial charge in [-0.25, -0.2) is 17.9 Å². The number of hydrogen-bond acceptors (Lipinski definition) is 5. The van der Waals surface area contributed by atoms with E-state index in [1.165, 1.54) is 25.5 Å². The Bertz CT molecular complexity index is 656. The molecule has 0 aliphatic carbocycles. The molecule has 0 bridgehead atoms. The monoisotopic (exact) mass is 335 g/mol. The predicted octanol–water partition coefficient (Wildman–Crippen LogP) is 0.439. The summed E-state index contributed by atoms with van der Waals surface area (Å²) in [5.74, 6) is -1.21.